The van der Waals surface area contributed by atoms with Crippen molar-refractivity contribution in [3.63, 3.8) is 0 Å². The summed E-state index contributed by atoms with van der Waals surface area (Å²) < 4.78 is 0. The number of unbranched alkanes of at least 4 members (excludes halogenated alkanes) is 1. The number of amides is 1. The van der Waals surface area contributed by atoms with Crippen LogP contribution in [0, 0.1) is 11.8 Å². The fourth-order valence-corrected chi connectivity index (χ4v) is 2.08. The molecule has 0 aliphatic heterocycles. The second kappa shape index (κ2) is 8.95. The van der Waals surface area contributed by atoms with E-state index in [-0.39, 0.29) is 0 Å². The summed E-state index contributed by atoms with van der Waals surface area (Å²) in [5.74, 6) is 1.24. The summed E-state index contributed by atoms with van der Waals surface area (Å²) in [5.41, 5.74) is 0. The molecule has 0 heterocycles. The first-order valence-corrected chi connectivity index (χ1v) is 7.74. The Hall–Kier alpha value is -1.05. The maximum absolute atomic E-state index is 12.1. The molecule has 1 aliphatic carbocycles. The summed E-state index contributed by atoms with van der Waals surface area (Å²) in [6, 6.07) is 0. The monoisotopic (exact) mass is 263 g/mol. The minimum absolute atomic E-state index is 0.333. The van der Waals surface area contributed by atoms with E-state index in [4.69, 9.17) is 0 Å². The van der Waals surface area contributed by atoms with E-state index < -0.39 is 0 Å². The Balaban J connectivity index is 2.29. The summed E-state index contributed by atoms with van der Waals surface area (Å²) in [6.45, 7) is 8.17. The molecule has 0 saturated heterocycles. The van der Waals surface area contributed by atoms with Crippen LogP contribution in [0.1, 0.15) is 52.9 Å². The van der Waals surface area contributed by atoms with Gasteiger partial charge in [-0.3, -0.25) is 4.79 Å². The summed E-state index contributed by atoms with van der Waals surface area (Å²) in [6.07, 6.45) is 14.3. The third-order valence-corrected chi connectivity index (χ3v) is 3.22. The lowest BCUT2D eigenvalue weighted by Gasteiger charge is -2.23. The third-order valence-electron chi connectivity index (χ3n) is 3.22. The molecular formula is C17H29NO. The van der Waals surface area contributed by atoms with Gasteiger partial charge in [0.05, 0.1) is 0 Å². The quantitative estimate of drug-likeness (QED) is 0.451. The minimum atomic E-state index is 0.333. The van der Waals surface area contributed by atoms with Gasteiger partial charge in [-0.25, -0.2) is 0 Å². The maximum atomic E-state index is 12.1. The van der Waals surface area contributed by atoms with Crippen molar-refractivity contribution in [3.05, 3.63) is 24.3 Å². The average Bonchev–Trinajstić information content (AvgIpc) is 3.19. The second-order valence-corrected chi connectivity index (χ2v) is 5.84. The highest BCUT2D eigenvalue weighted by atomic mass is 16.2. The minimum Gasteiger partial charge on any atom is -0.338 e. The van der Waals surface area contributed by atoms with E-state index in [2.05, 4.69) is 45.1 Å². The Morgan fingerprint density at radius 1 is 1.16 bits per heavy atom. The first kappa shape index (κ1) is 16.0. The zero-order chi connectivity index (χ0) is 14.1. The van der Waals surface area contributed by atoms with Crippen molar-refractivity contribution in [1.82, 2.24) is 4.90 Å². The van der Waals surface area contributed by atoms with Crippen molar-refractivity contribution >= 4 is 5.91 Å². The Labute approximate surface area is 118 Å². The van der Waals surface area contributed by atoms with Gasteiger partial charge < -0.3 is 4.90 Å². The van der Waals surface area contributed by atoms with Crippen LogP contribution < -0.4 is 0 Å². The fraction of sp³-hybridized carbons (Fsp3) is 0.706. The molecule has 0 radical (unpaired) electrons. The van der Waals surface area contributed by atoms with Gasteiger partial charge >= 0.3 is 0 Å². The molecule has 0 bridgehead atoms. The van der Waals surface area contributed by atoms with Gasteiger partial charge in [-0.05, 0) is 38.0 Å². The average molecular weight is 263 g/mol. The van der Waals surface area contributed by atoms with Crippen molar-refractivity contribution in [2.45, 2.75) is 52.9 Å². The van der Waals surface area contributed by atoms with Crippen LogP contribution in [0.4, 0.5) is 0 Å². The molecule has 19 heavy (non-hydrogen) atoms. The first-order valence-electron chi connectivity index (χ1n) is 7.74. The molecule has 0 atom stereocenters. The number of nitrogens with zero attached hydrogens (tertiary/aromatic N) is 1. The highest BCUT2D eigenvalue weighted by Gasteiger charge is 2.33. The maximum Gasteiger partial charge on any atom is 0.225 e. The first-order chi connectivity index (χ1) is 9.15. The van der Waals surface area contributed by atoms with Crippen molar-refractivity contribution in [2.75, 3.05) is 13.1 Å². The number of hydrogen-bond donors (Lipinski definition) is 0. The van der Waals surface area contributed by atoms with Crippen molar-refractivity contribution in [2.24, 2.45) is 11.8 Å². The van der Waals surface area contributed by atoms with Gasteiger partial charge in [-0.1, -0.05) is 45.1 Å². The van der Waals surface area contributed by atoms with Gasteiger partial charge in [0.25, 0.3) is 0 Å². The molecule has 0 spiro atoms. The molecule has 1 fully saturated rings. The lowest BCUT2D eigenvalue weighted by molar-refractivity contribution is -0.132. The van der Waals surface area contributed by atoms with Crippen molar-refractivity contribution < 1.29 is 4.79 Å². The number of allylic oxidation sites excluding steroid dienone is 3. The molecule has 0 N–H and O–H groups in total. The smallest absolute Gasteiger partial charge is 0.225 e. The van der Waals surface area contributed by atoms with Gasteiger partial charge in [0.15, 0.2) is 0 Å². The van der Waals surface area contributed by atoms with Gasteiger partial charge in [-0.2, -0.15) is 0 Å². The molecule has 2 heteroatoms. The van der Waals surface area contributed by atoms with Crippen LogP contribution in [-0.2, 0) is 4.79 Å². The molecule has 0 aromatic carbocycles. The molecule has 1 saturated carbocycles. The van der Waals surface area contributed by atoms with Crippen molar-refractivity contribution in [1.29, 1.82) is 0 Å². The lowest BCUT2D eigenvalue weighted by Crippen LogP contribution is -2.35. The number of carbonyl (C=O) groups excluding carboxylic acids is 1. The normalized spacial score (nSPS) is 15.8. The molecule has 1 aliphatic rings. The topological polar surface area (TPSA) is 20.3 Å². The van der Waals surface area contributed by atoms with Crippen LogP contribution >= 0.6 is 0 Å². The Morgan fingerprint density at radius 2 is 1.79 bits per heavy atom. The molecular weight excluding hydrogens is 234 g/mol. The van der Waals surface area contributed by atoms with Gasteiger partial charge in [0, 0.05) is 19.0 Å². The standard InChI is InChI=1S/C17H29NO/c1-4-5-6-7-8-9-10-13-18(14-15(2)3)17(19)16-11-12-16/h5-6,9-10,15-16H,4,7-8,11-14H2,1-3H3/b6-5-,10-9-. The van der Waals surface area contributed by atoms with E-state index in [9.17, 15) is 4.79 Å². The van der Waals surface area contributed by atoms with E-state index in [1.807, 2.05) is 4.90 Å². The highest BCUT2D eigenvalue weighted by molar-refractivity contribution is 5.81. The predicted molar refractivity (Wildman–Crippen MR) is 81.9 cm³/mol. The van der Waals surface area contributed by atoms with Crippen molar-refractivity contribution in [3.8, 4) is 0 Å². The third kappa shape index (κ3) is 7.19. The van der Waals surface area contributed by atoms with Crippen LogP contribution in [0.25, 0.3) is 0 Å². The van der Waals surface area contributed by atoms with Gasteiger partial charge in [0.1, 0.15) is 0 Å². The van der Waals surface area contributed by atoms with E-state index in [0.717, 1.165) is 45.2 Å². The molecule has 0 unspecified atom stereocenters. The number of carbonyl (C=O) groups is 1. The van der Waals surface area contributed by atoms with Crippen LogP contribution in [0.2, 0.25) is 0 Å². The zero-order valence-corrected chi connectivity index (χ0v) is 12.8. The van der Waals surface area contributed by atoms with Crippen LogP contribution in [-0.4, -0.2) is 23.9 Å². The summed E-state index contributed by atoms with van der Waals surface area (Å²) >= 11 is 0. The Bertz CT molecular complexity index is 313. The predicted octanol–water partition coefficient (Wildman–Crippen LogP) is 4.18. The molecule has 0 aromatic rings. The number of hydrogen-bond acceptors (Lipinski definition) is 1. The van der Waals surface area contributed by atoms with E-state index in [1.165, 1.54) is 0 Å². The van der Waals surface area contributed by atoms with Gasteiger partial charge in [-0.15, -0.1) is 0 Å². The molecule has 108 valence electrons. The summed E-state index contributed by atoms with van der Waals surface area (Å²) in [7, 11) is 0. The SMILES string of the molecule is CC/C=C\CC/C=C\CN(CC(C)C)C(=O)C1CC1. The lowest BCUT2D eigenvalue weighted by atomic mass is 10.2. The van der Waals surface area contributed by atoms with Crippen LogP contribution in [0.3, 0.4) is 0 Å². The second-order valence-electron chi connectivity index (χ2n) is 5.84. The Kier molecular flexibility index (Phi) is 7.54. The van der Waals surface area contributed by atoms with E-state index in [0.29, 0.717) is 17.7 Å². The molecule has 2 nitrogen and oxygen atoms in total. The fourth-order valence-electron chi connectivity index (χ4n) is 2.08. The number of rotatable bonds is 9. The Morgan fingerprint density at radius 3 is 2.32 bits per heavy atom. The largest absolute Gasteiger partial charge is 0.338 e. The highest BCUT2D eigenvalue weighted by Crippen LogP contribution is 2.31. The summed E-state index contributed by atoms with van der Waals surface area (Å²) in [5, 5.41) is 0. The van der Waals surface area contributed by atoms with E-state index >= 15 is 0 Å². The zero-order valence-electron chi connectivity index (χ0n) is 12.8. The summed E-state index contributed by atoms with van der Waals surface area (Å²) in [4.78, 5) is 14.2. The molecule has 0 aromatic heterocycles. The van der Waals surface area contributed by atoms with Crippen LogP contribution in [0.5, 0.6) is 0 Å². The van der Waals surface area contributed by atoms with Gasteiger partial charge in [0.2, 0.25) is 5.91 Å². The van der Waals surface area contributed by atoms with Crippen LogP contribution in [0.15, 0.2) is 24.3 Å². The van der Waals surface area contributed by atoms with E-state index in [1.54, 1.807) is 0 Å². The molecule has 1 rings (SSSR count). The molecule has 1 amide bonds.